The van der Waals surface area contributed by atoms with Crippen LogP contribution in [0.15, 0.2) is 97.6 Å². The fourth-order valence-corrected chi connectivity index (χ4v) is 7.68. The van der Waals surface area contributed by atoms with Crippen molar-refractivity contribution in [3.8, 4) is 5.75 Å². The van der Waals surface area contributed by atoms with E-state index in [2.05, 4.69) is 50.6 Å². The Morgan fingerprint density at radius 1 is 1.12 bits per heavy atom. The SMILES string of the molecule is C=CCOc1c(Br)cc(/C=c2/sc3n(c2=O)[C@H](c2cccc([N+](=O)[O-])c2)C2=C(N=3)c3ccccc3CC2)cc1Br. The summed E-state index contributed by atoms with van der Waals surface area (Å²) in [7, 11) is 0. The van der Waals surface area contributed by atoms with Gasteiger partial charge in [-0.3, -0.25) is 19.5 Å². The van der Waals surface area contributed by atoms with Crippen LogP contribution >= 0.6 is 43.2 Å². The standard InChI is InChI=1S/C30H21Br2N3O4S/c1-2-12-39-28-23(31)13-17(14-24(28)32)15-25-29(36)34-27(19-7-5-8-20(16-19)35(37)38)22-11-10-18-6-3-4-9-21(18)26(22)33-30(34)40-25/h2-9,13-16,27H,1,10-12H2/b25-15+/t27-/m1/s1. The highest BCUT2D eigenvalue weighted by Gasteiger charge is 2.33. The van der Waals surface area contributed by atoms with Gasteiger partial charge in [-0.25, -0.2) is 4.99 Å². The first-order valence-electron chi connectivity index (χ1n) is 12.5. The lowest BCUT2D eigenvalue weighted by Crippen LogP contribution is -2.38. The lowest BCUT2D eigenvalue weighted by atomic mass is 9.83. The van der Waals surface area contributed by atoms with Crippen LogP contribution in [0, 0.1) is 10.1 Å². The largest absolute Gasteiger partial charge is 0.487 e. The molecule has 40 heavy (non-hydrogen) atoms. The normalized spacial score (nSPS) is 16.1. The predicted octanol–water partition coefficient (Wildman–Crippen LogP) is 6.32. The number of hydrogen-bond donors (Lipinski definition) is 0. The van der Waals surface area contributed by atoms with Crippen LogP contribution in [-0.4, -0.2) is 16.1 Å². The summed E-state index contributed by atoms with van der Waals surface area (Å²) in [6, 6.07) is 18.0. The molecular weight excluding hydrogens is 658 g/mol. The predicted molar refractivity (Wildman–Crippen MR) is 163 cm³/mol. The summed E-state index contributed by atoms with van der Waals surface area (Å²) in [6.45, 7) is 4.05. The highest BCUT2D eigenvalue weighted by Crippen LogP contribution is 2.41. The molecule has 6 rings (SSSR count). The number of nitro groups is 1. The third-order valence-electron chi connectivity index (χ3n) is 6.93. The van der Waals surface area contributed by atoms with Gasteiger partial charge in [0.05, 0.1) is 30.1 Å². The Morgan fingerprint density at radius 2 is 1.90 bits per heavy atom. The molecule has 0 N–H and O–H groups in total. The van der Waals surface area contributed by atoms with E-state index in [1.165, 1.54) is 23.0 Å². The zero-order chi connectivity index (χ0) is 28.0. The van der Waals surface area contributed by atoms with Crippen LogP contribution in [0.3, 0.4) is 0 Å². The minimum Gasteiger partial charge on any atom is -0.487 e. The van der Waals surface area contributed by atoms with E-state index in [0.717, 1.165) is 37.8 Å². The molecule has 0 amide bonds. The van der Waals surface area contributed by atoms with E-state index in [-0.39, 0.29) is 11.2 Å². The number of aromatic nitrogens is 1. The molecule has 0 saturated heterocycles. The Morgan fingerprint density at radius 3 is 2.65 bits per heavy atom. The first-order valence-corrected chi connectivity index (χ1v) is 14.9. The Balaban J connectivity index is 1.56. The first-order chi connectivity index (χ1) is 19.4. The van der Waals surface area contributed by atoms with Crippen molar-refractivity contribution in [2.45, 2.75) is 18.9 Å². The average Bonchev–Trinajstić information content (AvgIpc) is 3.25. The molecule has 0 bridgehead atoms. The summed E-state index contributed by atoms with van der Waals surface area (Å²) in [5, 5.41) is 11.6. The van der Waals surface area contributed by atoms with Crippen LogP contribution in [0.1, 0.15) is 34.7 Å². The smallest absolute Gasteiger partial charge is 0.271 e. The number of nitrogens with zero attached hydrogens (tertiary/aromatic N) is 3. The van der Waals surface area contributed by atoms with Crippen molar-refractivity contribution >= 4 is 60.7 Å². The van der Waals surface area contributed by atoms with E-state index in [0.29, 0.717) is 33.7 Å². The van der Waals surface area contributed by atoms with Crippen LogP contribution in [0.5, 0.6) is 5.75 Å². The van der Waals surface area contributed by atoms with Crippen LogP contribution < -0.4 is 19.6 Å². The summed E-state index contributed by atoms with van der Waals surface area (Å²) < 4.78 is 9.41. The van der Waals surface area contributed by atoms with Crippen LogP contribution in [0.25, 0.3) is 11.8 Å². The number of halogens is 2. The first kappa shape index (κ1) is 26.6. The number of rotatable bonds is 6. The molecule has 0 saturated carbocycles. The number of aryl methyl sites for hydroxylation is 1. The second kappa shape index (κ2) is 10.8. The van der Waals surface area contributed by atoms with Crippen molar-refractivity contribution in [3.63, 3.8) is 0 Å². The summed E-state index contributed by atoms with van der Waals surface area (Å²) in [6.07, 6.45) is 5.02. The second-order valence-electron chi connectivity index (χ2n) is 9.38. The molecule has 200 valence electrons. The van der Waals surface area contributed by atoms with Crippen molar-refractivity contribution in [3.05, 3.63) is 140 Å². The van der Waals surface area contributed by atoms with Gasteiger partial charge in [0.15, 0.2) is 4.80 Å². The number of non-ortho nitro benzene ring substituents is 1. The van der Waals surface area contributed by atoms with E-state index in [1.54, 1.807) is 22.8 Å². The van der Waals surface area contributed by atoms with E-state index in [1.807, 2.05) is 36.4 Å². The molecule has 1 aliphatic carbocycles. The second-order valence-corrected chi connectivity index (χ2v) is 12.1. The molecule has 1 aromatic heterocycles. The molecule has 0 fully saturated rings. The van der Waals surface area contributed by atoms with Gasteiger partial charge in [-0.05, 0) is 85.2 Å². The maximum atomic E-state index is 14.0. The van der Waals surface area contributed by atoms with Gasteiger partial charge in [0.1, 0.15) is 12.4 Å². The minimum atomic E-state index is -0.491. The fraction of sp³-hybridized carbons (Fsp3) is 0.133. The van der Waals surface area contributed by atoms with Crippen molar-refractivity contribution in [1.29, 1.82) is 0 Å². The van der Waals surface area contributed by atoms with Crippen molar-refractivity contribution < 1.29 is 9.66 Å². The molecule has 2 aliphatic rings. The third kappa shape index (κ3) is 4.70. The van der Waals surface area contributed by atoms with E-state index >= 15 is 0 Å². The Labute approximate surface area is 249 Å². The summed E-state index contributed by atoms with van der Waals surface area (Å²) in [5.41, 5.74) is 5.38. The molecular formula is C30H21Br2N3O4S. The van der Waals surface area contributed by atoms with Crippen LogP contribution in [0.4, 0.5) is 5.69 Å². The average molecular weight is 679 g/mol. The minimum absolute atomic E-state index is 0.0107. The van der Waals surface area contributed by atoms with E-state index in [9.17, 15) is 14.9 Å². The zero-order valence-corrected chi connectivity index (χ0v) is 25.0. The van der Waals surface area contributed by atoms with Gasteiger partial charge in [0.25, 0.3) is 11.2 Å². The van der Waals surface area contributed by atoms with Gasteiger partial charge >= 0.3 is 0 Å². The molecule has 0 radical (unpaired) electrons. The van der Waals surface area contributed by atoms with Gasteiger partial charge in [0, 0.05) is 17.7 Å². The molecule has 7 nitrogen and oxygen atoms in total. The Kier molecular flexibility index (Phi) is 7.16. The van der Waals surface area contributed by atoms with Crippen molar-refractivity contribution in [2.24, 2.45) is 4.99 Å². The number of hydrogen-bond acceptors (Lipinski definition) is 6. The molecule has 1 aliphatic heterocycles. The van der Waals surface area contributed by atoms with Gasteiger partial charge < -0.3 is 4.74 Å². The number of nitro benzene ring substituents is 1. The van der Waals surface area contributed by atoms with E-state index in [4.69, 9.17) is 9.73 Å². The lowest BCUT2D eigenvalue weighted by Gasteiger charge is -2.30. The number of thiazole rings is 1. The molecule has 3 aromatic carbocycles. The molecule has 0 unspecified atom stereocenters. The zero-order valence-electron chi connectivity index (χ0n) is 21.0. The molecule has 1 atom stereocenters. The van der Waals surface area contributed by atoms with Gasteiger partial charge in [-0.2, -0.15) is 0 Å². The maximum Gasteiger partial charge on any atom is 0.271 e. The monoisotopic (exact) mass is 677 g/mol. The van der Waals surface area contributed by atoms with E-state index < -0.39 is 11.0 Å². The number of fused-ring (bicyclic) bond motifs is 3. The van der Waals surface area contributed by atoms with Gasteiger partial charge in [-0.15, -0.1) is 0 Å². The number of allylic oxidation sites excluding steroid dienone is 1. The summed E-state index contributed by atoms with van der Waals surface area (Å²) >= 11 is 8.44. The Bertz CT molecular complexity index is 1900. The lowest BCUT2D eigenvalue weighted by molar-refractivity contribution is -0.384. The van der Waals surface area contributed by atoms with Crippen molar-refractivity contribution in [1.82, 2.24) is 4.57 Å². The van der Waals surface area contributed by atoms with Gasteiger partial charge in [0.2, 0.25) is 0 Å². The number of benzene rings is 3. The maximum absolute atomic E-state index is 14.0. The summed E-state index contributed by atoms with van der Waals surface area (Å²) in [4.78, 5) is 30.8. The topological polar surface area (TPSA) is 86.7 Å². The van der Waals surface area contributed by atoms with Crippen LogP contribution in [0.2, 0.25) is 0 Å². The molecule has 10 heteroatoms. The van der Waals surface area contributed by atoms with Crippen LogP contribution in [-0.2, 0) is 6.42 Å². The summed E-state index contributed by atoms with van der Waals surface area (Å²) in [5.74, 6) is 0.649. The highest BCUT2D eigenvalue weighted by atomic mass is 79.9. The molecule has 4 aromatic rings. The molecule has 0 spiro atoms. The number of ether oxygens (including phenoxy) is 1. The fourth-order valence-electron chi connectivity index (χ4n) is 5.23. The highest BCUT2D eigenvalue weighted by molar-refractivity contribution is 9.11. The molecule has 2 heterocycles. The van der Waals surface area contributed by atoms with Gasteiger partial charge in [-0.1, -0.05) is 60.4 Å². The van der Waals surface area contributed by atoms with Crippen molar-refractivity contribution in [2.75, 3.05) is 6.61 Å². The third-order valence-corrected chi connectivity index (χ3v) is 9.09. The quantitative estimate of drug-likeness (QED) is 0.136. The Hall–Kier alpha value is -3.60.